The quantitative estimate of drug-likeness (QED) is 0.787. The molecular formula is C14H14N4S. The number of hydrogen-bond acceptors (Lipinski definition) is 5. The van der Waals surface area contributed by atoms with Crippen LogP contribution in [0.2, 0.25) is 0 Å². The summed E-state index contributed by atoms with van der Waals surface area (Å²) in [5.74, 6) is 0.773. The fraction of sp³-hybridized carbons (Fsp3) is 0.214. The minimum Gasteiger partial charge on any atom is -0.360 e. The van der Waals surface area contributed by atoms with Gasteiger partial charge in [0.05, 0.1) is 5.52 Å². The molecule has 0 unspecified atom stereocenters. The lowest BCUT2D eigenvalue weighted by molar-refractivity contribution is 0.976. The number of nitrogens with one attached hydrogen (secondary N) is 1. The molecule has 19 heavy (non-hydrogen) atoms. The fourth-order valence-electron chi connectivity index (χ4n) is 1.86. The number of anilines is 1. The molecule has 0 spiro atoms. The highest BCUT2D eigenvalue weighted by atomic mass is 32.1. The molecule has 0 saturated heterocycles. The summed E-state index contributed by atoms with van der Waals surface area (Å²) < 4.78 is 4.39. The van der Waals surface area contributed by atoms with Gasteiger partial charge in [-0.15, -0.1) is 0 Å². The Bertz CT molecular complexity index is 692. The largest absolute Gasteiger partial charge is 0.360 e. The first kappa shape index (κ1) is 12.0. The van der Waals surface area contributed by atoms with Gasteiger partial charge in [-0.2, -0.15) is 9.36 Å². The summed E-state index contributed by atoms with van der Waals surface area (Å²) in [6, 6.07) is 10.1. The third kappa shape index (κ3) is 2.56. The Balaban J connectivity index is 1.92. The molecule has 0 fully saturated rings. The van der Waals surface area contributed by atoms with E-state index < -0.39 is 0 Å². The third-order valence-electron chi connectivity index (χ3n) is 2.81. The van der Waals surface area contributed by atoms with Crippen LogP contribution >= 0.6 is 11.5 Å². The van der Waals surface area contributed by atoms with Crippen molar-refractivity contribution in [3.8, 4) is 11.4 Å². The standard InChI is InChI=1S/C14H14N4S/c1-2-7-16-14-17-13(18-19-14)11-5-6-12-10(9-11)4-3-8-15-12/h3-6,8-9H,2,7H2,1H3,(H,16,17,18). The summed E-state index contributed by atoms with van der Waals surface area (Å²) in [5, 5.41) is 5.24. The van der Waals surface area contributed by atoms with Crippen molar-refractivity contribution < 1.29 is 0 Å². The van der Waals surface area contributed by atoms with E-state index in [1.54, 1.807) is 6.20 Å². The van der Waals surface area contributed by atoms with Crippen LogP contribution < -0.4 is 5.32 Å². The molecule has 96 valence electrons. The van der Waals surface area contributed by atoms with Crippen LogP contribution in [0.3, 0.4) is 0 Å². The Kier molecular flexibility index (Phi) is 3.37. The minimum atomic E-state index is 0.773. The molecule has 0 radical (unpaired) electrons. The third-order valence-corrected chi connectivity index (χ3v) is 3.49. The highest BCUT2D eigenvalue weighted by molar-refractivity contribution is 7.09. The van der Waals surface area contributed by atoms with E-state index in [1.807, 2.05) is 18.2 Å². The number of pyridine rings is 1. The first-order valence-corrected chi connectivity index (χ1v) is 7.07. The summed E-state index contributed by atoms with van der Waals surface area (Å²) in [5.41, 5.74) is 2.02. The second kappa shape index (κ2) is 5.32. The van der Waals surface area contributed by atoms with Gasteiger partial charge < -0.3 is 5.32 Å². The Morgan fingerprint density at radius 1 is 1.26 bits per heavy atom. The molecule has 3 rings (SSSR count). The monoisotopic (exact) mass is 270 g/mol. The van der Waals surface area contributed by atoms with Crippen molar-refractivity contribution in [2.45, 2.75) is 13.3 Å². The van der Waals surface area contributed by atoms with Crippen LogP contribution in [0.15, 0.2) is 36.5 Å². The van der Waals surface area contributed by atoms with Gasteiger partial charge in [0.15, 0.2) is 5.82 Å². The highest BCUT2D eigenvalue weighted by Crippen LogP contribution is 2.24. The molecule has 5 heteroatoms. The van der Waals surface area contributed by atoms with E-state index >= 15 is 0 Å². The predicted molar refractivity (Wildman–Crippen MR) is 79.4 cm³/mol. The van der Waals surface area contributed by atoms with Crippen molar-refractivity contribution in [1.29, 1.82) is 0 Å². The van der Waals surface area contributed by atoms with E-state index in [-0.39, 0.29) is 0 Å². The molecule has 2 heterocycles. The average molecular weight is 270 g/mol. The number of fused-ring (bicyclic) bond motifs is 1. The van der Waals surface area contributed by atoms with Gasteiger partial charge in [0.1, 0.15) is 0 Å². The minimum absolute atomic E-state index is 0.773. The number of rotatable bonds is 4. The molecule has 0 aliphatic carbocycles. The van der Waals surface area contributed by atoms with Gasteiger partial charge in [0.2, 0.25) is 5.13 Å². The number of benzene rings is 1. The van der Waals surface area contributed by atoms with Gasteiger partial charge in [0, 0.05) is 35.2 Å². The summed E-state index contributed by atoms with van der Waals surface area (Å²) in [7, 11) is 0. The zero-order valence-electron chi connectivity index (χ0n) is 10.6. The molecule has 1 N–H and O–H groups in total. The lowest BCUT2D eigenvalue weighted by Gasteiger charge is -1.99. The molecule has 0 amide bonds. The van der Waals surface area contributed by atoms with Crippen LogP contribution in [0.5, 0.6) is 0 Å². The van der Waals surface area contributed by atoms with Gasteiger partial charge >= 0.3 is 0 Å². The van der Waals surface area contributed by atoms with E-state index in [4.69, 9.17) is 0 Å². The smallest absolute Gasteiger partial charge is 0.202 e. The summed E-state index contributed by atoms with van der Waals surface area (Å²) in [4.78, 5) is 8.81. The lowest BCUT2D eigenvalue weighted by Crippen LogP contribution is -1.98. The lowest BCUT2D eigenvalue weighted by atomic mass is 10.1. The molecule has 0 bridgehead atoms. The van der Waals surface area contributed by atoms with Crippen molar-refractivity contribution in [3.63, 3.8) is 0 Å². The number of hydrogen-bond donors (Lipinski definition) is 1. The van der Waals surface area contributed by atoms with Crippen molar-refractivity contribution in [2.24, 2.45) is 0 Å². The van der Waals surface area contributed by atoms with Gasteiger partial charge in [-0.3, -0.25) is 4.98 Å². The summed E-state index contributed by atoms with van der Waals surface area (Å²) >= 11 is 1.40. The Hall–Kier alpha value is -2.01. The molecule has 0 atom stereocenters. The molecule has 0 saturated carbocycles. The average Bonchev–Trinajstić information content (AvgIpc) is 2.93. The second-order valence-electron chi connectivity index (χ2n) is 4.26. The zero-order valence-corrected chi connectivity index (χ0v) is 11.4. The van der Waals surface area contributed by atoms with Crippen LogP contribution in [-0.4, -0.2) is 20.9 Å². The Morgan fingerprint density at radius 3 is 3.11 bits per heavy atom. The van der Waals surface area contributed by atoms with Crippen LogP contribution in [0.4, 0.5) is 5.13 Å². The second-order valence-corrected chi connectivity index (χ2v) is 5.01. The van der Waals surface area contributed by atoms with E-state index in [9.17, 15) is 0 Å². The predicted octanol–water partition coefficient (Wildman–Crippen LogP) is 3.58. The van der Waals surface area contributed by atoms with E-state index in [0.717, 1.165) is 40.4 Å². The molecular weight excluding hydrogens is 256 g/mol. The summed E-state index contributed by atoms with van der Waals surface area (Å²) in [6.07, 6.45) is 2.88. The maximum Gasteiger partial charge on any atom is 0.202 e. The van der Waals surface area contributed by atoms with Crippen LogP contribution in [-0.2, 0) is 0 Å². The molecule has 2 aromatic heterocycles. The van der Waals surface area contributed by atoms with Crippen LogP contribution in [0, 0.1) is 0 Å². The van der Waals surface area contributed by atoms with Crippen LogP contribution in [0.1, 0.15) is 13.3 Å². The van der Waals surface area contributed by atoms with Crippen molar-refractivity contribution in [1.82, 2.24) is 14.3 Å². The normalized spacial score (nSPS) is 10.8. The SMILES string of the molecule is CCCNc1nc(-c2ccc3ncccc3c2)ns1. The van der Waals surface area contributed by atoms with Gasteiger partial charge in [0.25, 0.3) is 0 Å². The van der Waals surface area contributed by atoms with Gasteiger partial charge in [-0.25, -0.2) is 0 Å². The Labute approximate surface area is 115 Å². The summed E-state index contributed by atoms with van der Waals surface area (Å²) in [6.45, 7) is 3.06. The highest BCUT2D eigenvalue weighted by Gasteiger charge is 2.06. The molecule has 0 aliphatic rings. The Morgan fingerprint density at radius 2 is 2.21 bits per heavy atom. The maximum atomic E-state index is 4.50. The van der Waals surface area contributed by atoms with E-state index in [1.165, 1.54) is 11.5 Å². The maximum absolute atomic E-state index is 4.50. The first-order chi connectivity index (χ1) is 9.36. The molecule has 1 aromatic carbocycles. The first-order valence-electron chi connectivity index (χ1n) is 6.29. The molecule has 4 nitrogen and oxygen atoms in total. The molecule has 0 aliphatic heterocycles. The van der Waals surface area contributed by atoms with Crippen molar-refractivity contribution in [3.05, 3.63) is 36.5 Å². The van der Waals surface area contributed by atoms with Crippen LogP contribution in [0.25, 0.3) is 22.3 Å². The number of aromatic nitrogens is 3. The molecule has 3 aromatic rings. The van der Waals surface area contributed by atoms with Gasteiger partial charge in [-0.1, -0.05) is 13.0 Å². The van der Waals surface area contributed by atoms with E-state index in [2.05, 4.69) is 38.7 Å². The topological polar surface area (TPSA) is 50.7 Å². The van der Waals surface area contributed by atoms with Crippen molar-refractivity contribution in [2.75, 3.05) is 11.9 Å². The fourth-order valence-corrected chi connectivity index (χ4v) is 2.47. The van der Waals surface area contributed by atoms with Gasteiger partial charge in [-0.05, 0) is 30.7 Å². The zero-order chi connectivity index (χ0) is 13.1. The number of nitrogens with zero attached hydrogens (tertiary/aromatic N) is 3. The van der Waals surface area contributed by atoms with E-state index in [0.29, 0.717) is 0 Å². The van der Waals surface area contributed by atoms with Crippen molar-refractivity contribution >= 4 is 27.6 Å².